The average molecular weight is 420 g/mol. The summed E-state index contributed by atoms with van der Waals surface area (Å²) in [6.07, 6.45) is 1.60. The molecule has 4 heteroatoms. The van der Waals surface area contributed by atoms with Crippen LogP contribution in [0, 0.1) is 0 Å². The summed E-state index contributed by atoms with van der Waals surface area (Å²) >= 11 is 0. The smallest absolute Gasteiger partial charge is 0.197 e. The van der Waals surface area contributed by atoms with E-state index in [2.05, 4.69) is 0 Å². The molecular weight excluding hydrogens is 400 g/mol. The van der Waals surface area contributed by atoms with Gasteiger partial charge in [0.25, 0.3) is 0 Å². The Bertz CT molecular complexity index is 1330. The lowest BCUT2D eigenvalue weighted by atomic mass is 9.93. The summed E-state index contributed by atoms with van der Waals surface area (Å²) in [7, 11) is 1.63. The van der Waals surface area contributed by atoms with Crippen molar-refractivity contribution in [2.45, 2.75) is 0 Å². The van der Waals surface area contributed by atoms with Crippen molar-refractivity contribution in [2.24, 2.45) is 0 Å². The van der Waals surface area contributed by atoms with Crippen LogP contribution in [0.15, 0.2) is 112 Å². The second-order valence-electron chi connectivity index (χ2n) is 7.28. The third-order valence-electron chi connectivity index (χ3n) is 5.33. The monoisotopic (exact) mass is 420 g/mol. The number of methoxy groups -OCH3 is 1. The largest absolute Gasteiger partial charge is 0.497 e. The SMILES string of the molecule is COc1ccc(-c2oc(-c3ccccc3)c(C(=O)c3ccccc3)c2-c2ccco2)cc1. The van der Waals surface area contributed by atoms with Gasteiger partial charge >= 0.3 is 0 Å². The summed E-state index contributed by atoms with van der Waals surface area (Å²) in [5.74, 6) is 2.27. The topological polar surface area (TPSA) is 52.6 Å². The maximum atomic E-state index is 13.8. The Morgan fingerprint density at radius 1 is 0.719 bits per heavy atom. The van der Waals surface area contributed by atoms with Crippen molar-refractivity contribution < 1.29 is 18.4 Å². The molecule has 0 saturated carbocycles. The third-order valence-corrected chi connectivity index (χ3v) is 5.33. The van der Waals surface area contributed by atoms with Crippen molar-refractivity contribution in [1.82, 2.24) is 0 Å². The molecule has 0 aliphatic rings. The molecule has 4 nitrogen and oxygen atoms in total. The first-order chi connectivity index (χ1) is 15.8. The Morgan fingerprint density at radius 2 is 1.38 bits per heavy atom. The molecule has 2 aromatic heterocycles. The summed E-state index contributed by atoms with van der Waals surface area (Å²) < 4.78 is 17.5. The van der Waals surface area contributed by atoms with E-state index in [1.54, 1.807) is 19.4 Å². The minimum atomic E-state index is -0.126. The van der Waals surface area contributed by atoms with Gasteiger partial charge in [-0.1, -0.05) is 60.7 Å². The van der Waals surface area contributed by atoms with Gasteiger partial charge < -0.3 is 13.6 Å². The molecule has 0 amide bonds. The molecule has 0 atom stereocenters. The fourth-order valence-corrected chi connectivity index (χ4v) is 3.78. The molecule has 0 aliphatic heterocycles. The van der Waals surface area contributed by atoms with Crippen LogP contribution >= 0.6 is 0 Å². The second-order valence-corrected chi connectivity index (χ2v) is 7.28. The predicted octanol–water partition coefficient (Wildman–Crippen LogP) is 7.11. The molecule has 0 spiro atoms. The molecule has 0 N–H and O–H groups in total. The van der Waals surface area contributed by atoms with Crippen LogP contribution in [0.4, 0.5) is 0 Å². The molecule has 5 aromatic rings. The number of furan rings is 2. The lowest BCUT2D eigenvalue weighted by Gasteiger charge is -2.06. The summed E-state index contributed by atoms with van der Waals surface area (Å²) in [5, 5.41) is 0. The number of carbonyl (C=O) groups excluding carboxylic acids is 1. The van der Waals surface area contributed by atoms with E-state index in [1.165, 1.54) is 0 Å². The number of ether oxygens (including phenoxy) is 1. The first kappa shape index (κ1) is 19.6. The van der Waals surface area contributed by atoms with E-state index in [9.17, 15) is 4.79 Å². The van der Waals surface area contributed by atoms with E-state index in [4.69, 9.17) is 13.6 Å². The molecule has 0 bridgehead atoms. The highest BCUT2D eigenvalue weighted by molar-refractivity contribution is 6.17. The highest BCUT2D eigenvalue weighted by atomic mass is 16.5. The standard InChI is InChI=1S/C28H20O4/c1-30-22-16-14-21(15-17-22)27-24(23-13-8-18-31-23)25(26(29)19-9-4-2-5-10-19)28(32-27)20-11-6-3-7-12-20/h2-18H,1H3. The van der Waals surface area contributed by atoms with Crippen LogP contribution in [0.5, 0.6) is 5.75 Å². The first-order valence-electron chi connectivity index (χ1n) is 10.3. The van der Waals surface area contributed by atoms with Crippen molar-refractivity contribution in [2.75, 3.05) is 7.11 Å². The van der Waals surface area contributed by atoms with Gasteiger partial charge in [-0.3, -0.25) is 4.79 Å². The van der Waals surface area contributed by atoms with Crippen molar-refractivity contribution in [3.8, 4) is 39.7 Å². The molecule has 5 rings (SSSR count). The van der Waals surface area contributed by atoms with Crippen LogP contribution in [0.1, 0.15) is 15.9 Å². The molecule has 0 fully saturated rings. The van der Waals surface area contributed by atoms with Crippen LogP contribution in [0.25, 0.3) is 34.0 Å². The molecule has 0 radical (unpaired) electrons. The summed E-state index contributed by atoms with van der Waals surface area (Å²) in [6, 6.07) is 30.1. The van der Waals surface area contributed by atoms with Gasteiger partial charge in [-0.2, -0.15) is 0 Å². The van der Waals surface area contributed by atoms with Crippen molar-refractivity contribution in [1.29, 1.82) is 0 Å². The van der Waals surface area contributed by atoms with Crippen LogP contribution in [0.2, 0.25) is 0 Å². The van der Waals surface area contributed by atoms with Gasteiger partial charge in [-0.15, -0.1) is 0 Å². The molecule has 2 heterocycles. The minimum Gasteiger partial charge on any atom is -0.497 e. The van der Waals surface area contributed by atoms with E-state index >= 15 is 0 Å². The van der Waals surface area contributed by atoms with Crippen LogP contribution in [-0.4, -0.2) is 12.9 Å². The van der Waals surface area contributed by atoms with Crippen LogP contribution < -0.4 is 4.74 Å². The summed E-state index contributed by atoms with van der Waals surface area (Å²) in [6.45, 7) is 0. The van der Waals surface area contributed by atoms with Gasteiger partial charge in [0.2, 0.25) is 0 Å². The van der Waals surface area contributed by atoms with Gasteiger partial charge in [0.15, 0.2) is 5.78 Å². The number of rotatable bonds is 6. The number of hydrogen-bond acceptors (Lipinski definition) is 4. The summed E-state index contributed by atoms with van der Waals surface area (Å²) in [5.41, 5.74) is 3.33. The average Bonchev–Trinajstić information content (AvgIpc) is 3.53. The van der Waals surface area contributed by atoms with Crippen molar-refractivity contribution in [3.05, 3.63) is 114 Å². The zero-order chi connectivity index (χ0) is 21.9. The first-order valence-corrected chi connectivity index (χ1v) is 10.3. The van der Waals surface area contributed by atoms with Crippen LogP contribution in [0.3, 0.4) is 0 Å². The van der Waals surface area contributed by atoms with E-state index < -0.39 is 0 Å². The van der Waals surface area contributed by atoms with E-state index in [0.717, 1.165) is 16.9 Å². The van der Waals surface area contributed by atoms with Gasteiger partial charge in [0, 0.05) is 16.7 Å². The molecule has 0 unspecified atom stereocenters. The Labute approximate surface area is 185 Å². The van der Waals surface area contributed by atoms with E-state index in [-0.39, 0.29) is 5.78 Å². The van der Waals surface area contributed by atoms with Gasteiger partial charge in [-0.25, -0.2) is 0 Å². The maximum absolute atomic E-state index is 13.8. The zero-order valence-corrected chi connectivity index (χ0v) is 17.4. The quantitative estimate of drug-likeness (QED) is 0.275. The molecule has 3 aromatic carbocycles. The lowest BCUT2D eigenvalue weighted by molar-refractivity contribution is 0.103. The molecule has 156 valence electrons. The zero-order valence-electron chi connectivity index (χ0n) is 17.4. The second kappa shape index (κ2) is 8.44. The molecule has 0 saturated heterocycles. The highest BCUT2D eigenvalue weighted by Gasteiger charge is 2.30. The summed E-state index contributed by atoms with van der Waals surface area (Å²) in [4.78, 5) is 13.8. The molecule has 32 heavy (non-hydrogen) atoms. The number of ketones is 1. The third kappa shape index (κ3) is 3.52. The number of hydrogen-bond donors (Lipinski definition) is 0. The number of carbonyl (C=O) groups is 1. The normalized spacial score (nSPS) is 10.8. The van der Waals surface area contributed by atoms with Gasteiger partial charge in [-0.05, 0) is 36.4 Å². The van der Waals surface area contributed by atoms with Gasteiger partial charge in [0.05, 0.1) is 24.5 Å². The lowest BCUT2D eigenvalue weighted by Crippen LogP contribution is -2.03. The molecular formula is C28H20O4. The Balaban J connectivity index is 1.81. The van der Waals surface area contributed by atoms with Crippen molar-refractivity contribution >= 4 is 5.78 Å². The highest BCUT2D eigenvalue weighted by Crippen LogP contribution is 2.44. The fourth-order valence-electron chi connectivity index (χ4n) is 3.78. The molecule has 0 aliphatic carbocycles. The number of benzene rings is 3. The van der Waals surface area contributed by atoms with Crippen molar-refractivity contribution in [3.63, 3.8) is 0 Å². The fraction of sp³-hybridized carbons (Fsp3) is 0.0357. The predicted molar refractivity (Wildman–Crippen MR) is 124 cm³/mol. The van der Waals surface area contributed by atoms with Gasteiger partial charge in [0.1, 0.15) is 23.0 Å². The Morgan fingerprint density at radius 3 is 2.00 bits per heavy atom. The Kier molecular flexibility index (Phi) is 5.18. The Hall–Kier alpha value is -4.31. The van der Waals surface area contributed by atoms with E-state index in [1.807, 2.05) is 91.0 Å². The minimum absolute atomic E-state index is 0.126. The maximum Gasteiger partial charge on any atom is 0.197 e. The van der Waals surface area contributed by atoms with E-state index in [0.29, 0.717) is 34.0 Å². The van der Waals surface area contributed by atoms with Crippen LogP contribution in [-0.2, 0) is 0 Å².